The molecule has 2 N–H and O–H groups in total. The van der Waals surface area contributed by atoms with Crippen LogP contribution in [-0.4, -0.2) is 28.8 Å². The summed E-state index contributed by atoms with van der Waals surface area (Å²) >= 11 is 0. The molecule has 0 unspecified atom stereocenters. The van der Waals surface area contributed by atoms with Gasteiger partial charge in [0.25, 0.3) is 0 Å². The molecule has 3 rings (SSSR count). The molecule has 4 heteroatoms. The fourth-order valence-electron chi connectivity index (χ4n) is 3.23. The minimum absolute atomic E-state index is 0.127. The van der Waals surface area contributed by atoms with Gasteiger partial charge in [-0.2, -0.15) is 0 Å². The number of benzene rings is 1. The lowest BCUT2D eigenvalue weighted by Gasteiger charge is -2.32. The Morgan fingerprint density at radius 1 is 1.22 bits per heavy atom. The van der Waals surface area contributed by atoms with Crippen LogP contribution in [0.4, 0.5) is 5.82 Å². The monoisotopic (exact) mass is 309 g/mol. The van der Waals surface area contributed by atoms with Gasteiger partial charge in [-0.1, -0.05) is 36.4 Å². The molecule has 2 heterocycles. The van der Waals surface area contributed by atoms with Crippen LogP contribution in [0.3, 0.4) is 0 Å². The fraction of sp³-hybridized carbons (Fsp3) is 0.368. The Bertz CT molecular complexity index is 657. The van der Waals surface area contributed by atoms with Crippen molar-refractivity contribution in [3.63, 3.8) is 0 Å². The van der Waals surface area contributed by atoms with Crippen LogP contribution in [0.2, 0.25) is 0 Å². The number of Topliss-reactive ketones (excluding diaryl/α,β-unsaturated/α-hetero) is 1. The largest absolute Gasteiger partial charge is 0.383 e. The highest BCUT2D eigenvalue weighted by atomic mass is 16.1. The van der Waals surface area contributed by atoms with Crippen molar-refractivity contribution >= 4 is 11.6 Å². The zero-order valence-corrected chi connectivity index (χ0v) is 13.3. The number of likely N-dealkylation sites (tertiary alicyclic amines) is 1. The van der Waals surface area contributed by atoms with E-state index in [1.807, 2.05) is 42.5 Å². The Labute approximate surface area is 137 Å². The minimum atomic E-state index is 0.127. The summed E-state index contributed by atoms with van der Waals surface area (Å²) in [5.74, 6) is 1.06. The van der Waals surface area contributed by atoms with E-state index in [1.54, 1.807) is 6.20 Å². The van der Waals surface area contributed by atoms with Crippen molar-refractivity contribution in [1.29, 1.82) is 0 Å². The van der Waals surface area contributed by atoms with Crippen molar-refractivity contribution in [2.75, 3.05) is 18.8 Å². The quantitative estimate of drug-likeness (QED) is 0.922. The van der Waals surface area contributed by atoms with Crippen LogP contribution in [0.1, 0.15) is 24.0 Å². The molecule has 1 aromatic carbocycles. The Morgan fingerprint density at radius 2 is 2.04 bits per heavy atom. The summed E-state index contributed by atoms with van der Waals surface area (Å²) in [5.41, 5.74) is 8.08. The molecule has 1 aromatic heterocycles. The van der Waals surface area contributed by atoms with Gasteiger partial charge in [0.05, 0.1) is 0 Å². The zero-order valence-electron chi connectivity index (χ0n) is 13.3. The third kappa shape index (κ3) is 4.17. The highest BCUT2D eigenvalue weighted by Gasteiger charge is 2.25. The number of ketones is 1. The summed E-state index contributed by atoms with van der Waals surface area (Å²) < 4.78 is 0. The Morgan fingerprint density at radius 3 is 2.83 bits per heavy atom. The third-order valence-corrected chi connectivity index (χ3v) is 4.50. The van der Waals surface area contributed by atoms with Crippen LogP contribution >= 0.6 is 0 Å². The molecule has 2 aromatic rings. The van der Waals surface area contributed by atoms with E-state index in [9.17, 15) is 4.79 Å². The average molecular weight is 309 g/mol. The number of hydrogen-bond donors (Lipinski definition) is 1. The number of nitrogen functional groups attached to an aromatic ring is 1. The van der Waals surface area contributed by atoms with Gasteiger partial charge in [0.2, 0.25) is 0 Å². The standard InChI is InChI=1S/C19H23N3O/c20-19-17(8-4-10-21-19)14-22-11-5-9-16(13-22)18(23)12-15-6-2-1-3-7-15/h1-4,6-8,10,16H,5,9,11-14H2,(H2,20,21)/t16-/m1/s1. The number of nitrogens with zero attached hydrogens (tertiary/aromatic N) is 2. The maximum Gasteiger partial charge on any atom is 0.141 e. The molecule has 120 valence electrons. The van der Waals surface area contributed by atoms with Crippen LogP contribution in [0.25, 0.3) is 0 Å². The van der Waals surface area contributed by atoms with Gasteiger partial charge in [-0.25, -0.2) is 4.98 Å². The highest BCUT2D eigenvalue weighted by molar-refractivity contribution is 5.83. The zero-order chi connectivity index (χ0) is 16.1. The number of carbonyl (C=O) groups is 1. The first-order valence-electron chi connectivity index (χ1n) is 8.21. The maximum absolute atomic E-state index is 12.6. The number of piperidine rings is 1. The van der Waals surface area contributed by atoms with E-state index in [1.165, 1.54) is 0 Å². The van der Waals surface area contributed by atoms with Crippen LogP contribution < -0.4 is 5.73 Å². The molecular weight excluding hydrogens is 286 g/mol. The van der Waals surface area contributed by atoms with E-state index in [-0.39, 0.29) is 5.92 Å². The third-order valence-electron chi connectivity index (χ3n) is 4.50. The van der Waals surface area contributed by atoms with Crippen LogP contribution in [0.5, 0.6) is 0 Å². The molecule has 23 heavy (non-hydrogen) atoms. The van der Waals surface area contributed by atoms with Gasteiger partial charge in [-0.05, 0) is 31.0 Å². The summed E-state index contributed by atoms with van der Waals surface area (Å²) in [6.45, 7) is 2.61. The van der Waals surface area contributed by atoms with Crippen molar-refractivity contribution in [3.05, 3.63) is 59.8 Å². The molecule has 1 saturated heterocycles. The first-order chi connectivity index (χ1) is 11.2. The molecule has 0 bridgehead atoms. The van der Waals surface area contributed by atoms with Gasteiger partial charge in [0.1, 0.15) is 11.6 Å². The second kappa shape index (κ2) is 7.38. The first kappa shape index (κ1) is 15.7. The Hall–Kier alpha value is -2.20. The summed E-state index contributed by atoms with van der Waals surface area (Å²) in [6, 6.07) is 13.9. The molecule has 0 radical (unpaired) electrons. The van der Waals surface area contributed by atoms with Crippen LogP contribution in [0.15, 0.2) is 48.7 Å². The fourth-order valence-corrected chi connectivity index (χ4v) is 3.23. The number of anilines is 1. The van der Waals surface area contributed by atoms with Gasteiger partial charge >= 0.3 is 0 Å². The number of rotatable bonds is 5. The highest BCUT2D eigenvalue weighted by Crippen LogP contribution is 2.22. The minimum Gasteiger partial charge on any atom is -0.383 e. The van der Waals surface area contributed by atoms with Crippen LogP contribution in [-0.2, 0) is 17.8 Å². The SMILES string of the molecule is Nc1ncccc1CN1CCC[C@@H](C(=O)Cc2ccccc2)C1. The van der Waals surface area contributed by atoms with Gasteiger partial charge in [0.15, 0.2) is 0 Å². The number of nitrogens with two attached hydrogens (primary N) is 1. The average Bonchev–Trinajstić information content (AvgIpc) is 2.58. The Kier molecular flexibility index (Phi) is 5.03. The summed E-state index contributed by atoms with van der Waals surface area (Å²) in [5, 5.41) is 0. The molecule has 4 nitrogen and oxygen atoms in total. The predicted octanol–water partition coefficient (Wildman–Crippen LogP) is 2.69. The van der Waals surface area contributed by atoms with E-state index < -0.39 is 0 Å². The molecule has 0 amide bonds. The van der Waals surface area contributed by atoms with Gasteiger partial charge in [0, 0.05) is 37.2 Å². The van der Waals surface area contributed by atoms with E-state index >= 15 is 0 Å². The number of hydrogen-bond acceptors (Lipinski definition) is 4. The molecule has 1 fully saturated rings. The number of aromatic nitrogens is 1. The lowest BCUT2D eigenvalue weighted by atomic mass is 9.90. The van der Waals surface area contributed by atoms with Gasteiger partial charge in [-0.15, -0.1) is 0 Å². The van der Waals surface area contributed by atoms with E-state index in [0.717, 1.165) is 43.6 Å². The lowest BCUT2D eigenvalue weighted by Crippen LogP contribution is -2.38. The number of pyridine rings is 1. The van der Waals surface area contributed by atoms with Crippen molar-refractivity contribution in [1.82, 2.24) is 9.88 Å². The van der Waals surface area contributed by atoms with Gasteiger partial charge < -0.3 is 5.73 Å². The van der Waals surface area contributed by atoms with E-state index in [2.05, 4.69) is 9.88 Å². The molecule has 1 atom stereocenters. The lowest BCUT2D eigenvalue weighted by molar-refractivity contribution is -0.123. The smallest absolute Gasteiger partial charge is 0.141 e. The van der Waals surface area contributed by atoms with Crippen molar-refractivity contribution < 1.29 is 4.79 Å². The van der Waals surface area contributed by atoms with Crippen molar-refractivity contribution in [2.24, 2.45) is 5.92 Å². The van der Waals surface area contributed by atoms with Crippen molar-refractivity contribution in [2.45, 2.75) is 25.8 Å². The molecule has 0 aliphatic carbocycles. The second-order valence-electron chi connectivity index (χ2n) is 6.25. The molecule has 0 saturated carbocycles. The Balaban J connectivity index is 1.59. The number of carbonyl (C=O) groups excluding carboxylic acids is 1. The van der Waals surface area contributed by atoms with E-state index in [0.29, 0.717) is 18.0 Å². The molecule has 1 aliphatic rings. The van der Waals surface area contributed by atoms with E-state index in [4.69, 9.17) is 5.73 Å². The topological polar surface area (TPSA) is 59.2 Å². The van der Waals surface area contributed by atoms with Crippen LogP contribution in [0, 0.1) is 5.92 Å². The normalized spacial score (nSPS) is 18.7. The van der Waals surface area contributed by atoms with Crippen molar-refractivity contribution in [3.8, 4) is 0 Å². The predicted molar refractivity (Wildman–Crippen MR) is 91.8 cm³/mol. The summed E-state index contributed by atoms with van der Waals surface area (Å²) in [6.07, 6.45) is 4.30. The summed E-state index contributed by atoms with van der Waals surface area (Å²) in [4.78, 5) is 19.0. The first-order valence-corrected chi connectivity index (χ1v) is 8.21. The molecule has 0 spiro atoms. The molecular formula is C19H23N3O. The molecule has 1 aliphatic heterocycles. The second-order valence-corrected chi connectivity index (χ2v) is 6.25. The maximum atomic E-state index is 12.6. The summed E-state index contributed by atoms with van der Waals surface area (Å²) in [7, 11) is 0. The van der Waals surface area contributed by atoms with Gasteiger partial charge in [-0.3, -0.25) is 9.69 Å².